The molecule has 0 radical (unpaired) electrons. The number of rotatable bonds is 4. The predicted octanol–water partition coefficient (Wildman–Crippen LogP) is 2.48. The van der Waals surface area contributed by atoms with Crippen LogP contribution in [0.4, 0.5) is 8.78 Å². The molecule has 3 N–H and O–H groups in total. The van der Waals surface area contributed by atoms with Gasteiger partial charge in [-0.15, -0.1) is 0 Å². The minimum Gasteiger partial charge on any atom is -0.356 e. The van der Waals surface area contributed by atoms with Crippen LogP contribution < -0.4 is 11.1 Å². The molecule has 8 heteroatoms. The molecule has 1 aliphatic carbocycles. The summed E-state index contributed by atoms with van der Waals surface area (Å²) in [7, 11) is 0. The monoisotopic (exact) mass is 377 g/mol. The minimum absolute atomic E-state index is 0.0111. The predicted molar refractivity (Wildman–Crippen MR) is 96.2 cm³/mol. The van der Waals surface area contributed by atoms with E-state index in [0.29, 0.717) is 43.1 Å². The van der Waals surface area contributed by atoms with Gasteiger partial charge in [0.25, 0.3) is 0 Å². The SMILES string of the molecule is CC1CNC(=O)C1Cc1cnn2cc([C@@H](N)C3CCC(F)(F)CC3)nc2c1. The number of amides is 1. The Labute approximate surface area is 156 Å². The number of nitrogens with two attached hydrogens (primary N) is 1. The van der Waals surface area contributed by atoms with E-state index >= 15 is 0 Å². The zero-order valence-electron chi connectivity index (χ0n) is 15.4. The van der Waals surface area contributed by atoms with E-state index in [1.165, 1.54) is 0 Å². The third-order valence-corrected chi connectivity index (χ3v) is 6.08. The molecule has 6 nitrogen and oxygen atoms in total. The molecule has 27 heavy (non-hydrogen) atoms. The van der Waals surface area contributed by atoms with Gasteiger partial charge in [0.15, 0.2) is 5.65 Å². The van der Waals surface area contributed by atoms with Crippen LogP contribution in [0.2, 0.25) is 0 Å². The maximum Gasteiger partial charge on any atom is 0.248 e. The van der Waals surface area contributed by atoms with E-state index in [2.05, 4.69) is 22.3 Å². The molecule has 1 amide bonds. The van der Waals surface area contributed by atoms with Crippen LogP contribution in [0.5, 0.6) is 0 Å². The molecular weight excluding hydrogens is 352 g/mol. The Morgan fingerprint density at radius 1 is 1.41 bits per heavy atom. The Balaban J connectivity index is 1.50. The molecule has 2 aromatic rings. The quantitative estimate of drug-likeness (QED) is 0.857. The minimum atomic E-state index is -2.56. The lowest BCUT2D eigenvalue weighted by Crippen LogP contribution is -2.31. The third kappa shape index (κ3) is 3.67. The van der Waals surface area contributed by atoms with E-state index in [1.54, 1.807) is 16.9 Å². The number of fused-ring (bicyclic) bond motifs is 1. The van der Waals surface area contributed by atoms with Crippen molar-refractivity contribution in [3.63, 3.8) is 0 Å². The van der Waals surface area contributed by atoms with Crippen molar-refractivity contribution in [1.82, 2.24) is 19.9 Å². The first-order valence-electron chi connectivity index (χ1n) is 9.58. The van der Waals surface area contributed by atoms with Gasteiger partial charge in [0.1, 0.15) is 0 Å². The number of hydrogen-bond donors (Lipinski definition) is 2. The van der Waals surface area contributed by atoms with Gasteiger partial charge in [0, 0.05) is 25.3 Å². The lowest BCUT2D eigenvalue weighted by atomic mass is 9.81. The fourth-order valence-electron chi connectivity index (χ4n) is 4.21. The van der Waals surface area contributed by atoms with Gasteiger partial charge < -0.3 is 11.1 Å². The summed E-state index contributed by atoms with van der Waals surface area (Å²) in [5, 5.41) is 7.28. The zero-order valence-corrected chi connectivity index (χ0v) is 15.4. The van der Waals surface area contributed by atoms with E-state index in [0.717, 1.165) is 5.56 Å². The lowest BCUT2D eigenvalue weighted by Gasteiger charge is -2.31. The van der Waals surface area contributed by atoms with Gasteiger partial charge in [-0.3, -0.25) is 4.79 Å². The normalized spacial score (nSPS) is 27.0. The Hall–Kier alpha value is -2.09. The summed E-state index contributed by atoms with van der Waals surface area (Å²) in [6, 6.07) is 1.56. The molecule has 4 rings (SSSR count). The molecule has 2 aliphatic rings. The summed E-state index contributed by atoms with van der Waals surface area (Å²) in [4.78, 5) is 16.5. The summed E-state index contributed by atoms with van der Waals surface area (Å²) >= 11 is 0. The third-order valence-electron chi connectivity index (χ3n) is 6.08. The topological polar surface area (TPSA) is 85.3 Å². The smallest absolute Gasteiger partial charge is 0.248 e. The van der Waals surface area contributed by atoms with E-state index in [4.69, 9.17) is 5.73 Å². The molecule has 2 fully saturated rings. The van der Waals surface area contributed by atoms with Crippen LogP contribution in [0.1, 0.15) is 49.9 Å². The number of aromatic nitrogens is 3. The fourth-order valence-corrected chi connectivity index (χ4v) is 4.21. The molecule has 3 heterocycles. The number of carbonyl (C=O) groups is 1. The van der Waals surface area contributed by atoms with Gasteiger partial charge in [0.05, 0.1) is 24.1 Å². The van der Waals surface area contributed by atoms with Gasteiger partial charge in [-0.25, -0.2) is 18.3 Å². The second kappa shape index (κ2) is 6.82. The molecule has 146 valence electrons. The van der Waals surface area contributed by atoms with Crippen molar-refractivity contribution in [2.24, 2.45) is 23.5 Å². The number of nitrogens with zero attached hydrogens (tertiary/aromatic N) is 3. The standard InChI is InChI=1S/C19H25F2N5O/c1-11-8-23-18(27)14(11)6-12-7-16-25-15(10-26(16)24-9-12)17(22)13-2-4-19(20,21)5-3-13/h7,9-11,13-14,17H,2-6,8,22H2,1H3,(H,23,27)/t11?,14?,17-/m0/s1. The molecular formula is C19H25F2N5O. The maximum absolute atomic E-state index is 13.4. The highest BCUT2D eigenvalue weighted by Crippen LogP contribution is 2.40. The van der Waals surface area contributed by atoms with E-state index in [-0.39, 0.29) is 36.6 Å². The van der Waals surface area contributed by atoms with E-state index in [9.17, 15) is 13.6 Å². The van der Waals surface area contributed by atoms with Crippen LogP contribution in [0.25, 0.3) is 5.65 Å². The van der Waals surface area contributed by atoms with Crippen molar-refractivity contribution in [3.05, 3.63) is 29.7 Å². The van der Waals surface area contributed by atoms with Gasteiger partial charge in [-0.2, -0.15) is 5.10 Å². The molecule has 1 aliphatic heterocycles. The fraction of sp³-hybridized carbons (Fsp3) is 0.632. The van der Waals surface area contributed by atoms with Crippen LogP contribution in [-0.2, 0) is 11.2 Å². The molecule has 1 saturated carbocycles. The first-order chi connectivity index (χ1) is 12.8. The van der Waals surface area contributed by atoms with Crippen LogP contribution in [0.15, 0.2) is 18.5 Å². The van der Waals surface area contributed by atoms with Crippen molar-refractivity contribution in [3.8, 4) is 0 Å². The molecule has 0 bridgehead atoms. The molecule has 2 aromatic heterocycles. The Morgan fingerprint density at radius 3 is 2.81 bits per heavy atom. The average Bonchev–Trinajstić information content (AvgIpc) is 3.19. The number of halogens is 2. The van der Waals surface area contributed by atoms with Crippen molar-refractivity contribution < 1.29 is 13.6 Å². The molecule has 2 unspecified atom stereocenters. The van der Waals surface area contributed by atoms with Crippen molar-refractivity contribution in [1.29, 1.82) is 0 Å². The first kappa shape index (κ1) is 18.3. The van der Waals surface area contributed by atoms with Gasteiger partial charge in [-0.1, -0.05) is 6.92 Å². The van der Waals surface area contributed by atoms with Crippen LogP contribution >= 0.6 is 0 Å². The first-order valence-corrected chi connectivity index (χ1v) is 9.58. The summed E-state index contributed by atoms with van der Waals surface area (Å²) in [6.07, 6.45) is 4.77. The molecule has 1 saturated heterocycles. The second-order valence-corrected chi connectivity index (χ2v) is 8.08. The van der Waals surface area contributed by atoms with Gasteiger partial charge >= 0.3 is 0 Å². The van der Waals surface area contributed by atoms with Crippen LogP contribution in [0, 0.1) is 17.8 Å². The number of alkyl halides is 2. The van der Waals surface area contributed by atoms with E-state index in [1.807, 2.05) is 6.07 Å². The summed E-state index contributed by atoms with van der Waals surface area (Å²) < 4.78 is 28.4. The average molecular weight is 377 g/mol. The maximum atomic E-state index is 13.4. The summed E-state index contributed by atoms with van der Waals surface area (Å²) in [5.74, 6) is -2.22. The Morgan fingerprint density at radius 2 is 2.15 bits per heavy atom. The highest BCUT2D eigenvalue weighted by Gasteiger charge is 2.37. The van der Waals surface area contributed by atoms with Gasteiger partial charge in [-0.05, 0) is 42.7 Å². The lowest BCUT2D eigenvalue weighted by molar-refractivity contribution is -0.122. The van der Waals surface area contributed by atoms with Crippen LogP contribution in [-0.4, -0.2) is 33.0 Å². The second-order valence-electron chi connectivity index (χ2n) is 8.08. The Bertz CT molecular complexity index is 842. The Kier molecular flexibility index (Phi) is 4.61. The number of nitrogens with one attached hydrogen (secondary N) is 1. The van der Waals surface area contributed by atoms with Crippen molar-refractivity contribution in [2.45, 2.75) is 51.0 Å². The molecule has 0 aromatic carbocycles. The summed E-state index contributed by atoms with van der Waals surface area (Å²) in [6.45, 7) is 2.77. The highest BCUT2D eigenvalue weighted by molar-refractivity contribution is 5.81. The largest absolute Gasteiger partial charge is 0.356 e. The molecule has 0 spiro atoms. The van der Waals surface area contributed by atoms with Crippen LogP contribution in [0.3, 0.4) is 0 Å². The number of hydrogen-bond acceptors (Lipinski definition) is 4. The van der Waals surface area contributed by atoms with Crippen molar-refractivity contribution in [2.75, 3.05) is 6.54 Å². The van der Waals surface area contributed by atoms with Gasteiger partial charge in [0.2, 0.25) is 11.8 Å². The number of imidazole rings is 1. The summed E-state index contributed by atoms with van der Waals surface area (Å²) in [5.41, 5.74) is 8.64. The molecule has 3 atom stereocenters. The highest BCUT2D eigenvalue weighted by atomic mass is 19.3. The number of carbonyl (C=O) groups excluding carboxylic acids is 1. The van der Waals surface area contributed by atoms with Crippen molar-refractivity contribution >= 4 is 11.6 Å². The van der Waals surface area contributed by atoms with E-state index < -0.39 is 5.92 Å². The zero-order chi connectivity index (χ0) is 19.2.